The van der Waals surface area contributed by atoms with Gasteiger partial charge in [-0.15, -0.1) is 0 Å². The van der Waals surface area contributed by atoms with Crippen LogP contribution in [0.1, 0.15) is 37.8 Å². The molecular weight excluding hydrogens is 238 g/mol. The molecule has 0 radical (unpaired) electrons. The van der Waals surface area contributed by atoms with E-state index in [9.17, 15) is 4.79 Å². The van der Waals surface area contributed by atoms with Crippen LogP contribution >= 0.6 is 0 Å². The first-order valence-electron chi connectivity index (χ1n) is 7.11. The van der Waals surface area contributed by atoms with Crippen molar-refractivity contribution in [1.29, 1.82) is 0 Å². The fourth-order valence-electron chi connectivity index (χ4n) is 2.78. The predicted molar refractivity (Wildman–Crippen MR) is 76.1 cm³/mol. The second-order valence-corrected chi connectivity index (χ2v) is 5.88. The van der Waals surface area contributed by atoms with E-state index in [4.69, 9.17) is 5.11 Å². The molecule has 1 atom stereocenters. The lowest BCUT2D eigenvalue weighted by Gasteiger charge is -2.21. The van der Waals surface area contributed by atoms with Crippen LogP contribution in [0.5, 0.6) is 0 Å². The van der Waals surface area contributed by atoms with E-state index in [1.807, 2.05) is 0 Å². The summed E-state index contributed by atoms with van der Waals surface area (Å²) in [4.78, 5) is 13.2. The van der Waals surface area contributed by atoms with E-state index in [0.29, 0.717) is 5.92 Å². The van der Waals surface area contributed by atoms with E-state index in [0.717, 1.165) is 32.4 Å². The Labute approximate surface area is 115 Å². The Kier molecular flexibility index (Phi) is 4.59. The fraction of sp³-hybridized carbons (Fsp3) is 0.562. The Morgan fingerprint density at radius 1 is 1.32 bits per heavy atom. The number of nitrogens with zero attached hydrogens (tertiary/aromatic N) is 1. The maximum absolute atomic E-state index is 11.1. The Morgan fingerprint density at radius 2 is 1.95 bits per heavy atom. The summed E-state index contributed by atoms with van der Waals surface area (Å²) < 4.78 is 0. The van der Waals surface area contributed by atoms with Crippen molar-refractivity contribution in [3.8, 4) is 0 Å². The number of carboxylic acid groups (broad SMARTS) is 1. The number of hydrogen-bond donors (Lipinski definition) is 1. The third-order valence-electron chi connectivity index (χ3n) is 3.70. The zero-order valence-electron chi connectivity index (χ0n) is 11.8. The number of aliphatic carboxylic acids is 1. The molecule has 1 heterocycles. The van der Waals surface area contributed by atoms with Crippen molar-refractivity contribution in [3.05, 3.63) is 35.4 Å². The Balaban J connectivity index is 1.97. The van der Waals surface area contributed by atoms with Crippen molar-refractivity contribution >= 4 is 5.97 Å². The van der Waals surface area contributed by atoms with Gasteiger partial charge in [-0.05, 0) is 42.9 Å². The largest absolute Gasteiger partial charge is 0.480 e. The van der Waals surface area contributed by atoms with E-state index in [1.165, 1.54) is 11.1 Å². The number of benzene rings is 1. The van der Waals surface area contributed by atoms with E-state index in [-0.39, 0.29) is 6.04 Å². The molecule has 3 nitrogen and oxygen atoms in total. The van der Waals surface area contributed by atoms with Crippen molar-refractivity contribution in [2.45, 2.75) is 45.7 Å². The summed E-state index contributed by atoms with van der Waals surface area (Å²) in [5.41, 5.74) is 2.57. The van der Waals surface area contributed by atoms with Gasteiger partial charge in [0.2, 0.25) is 0 Å². The minimum absolute atomic E-state index is 0.296. The third-order valence-corrected chi connectivity index (χ3v) is 3.70. The van der Waals surface area contributed by atoms with E-state index in [1.54, 1.807) is 0 Å². The summed E-state index contributed by atoms with van der Waals surface area (Å²) in [6.45, 7) is 6.08. The topological polar surface area (TPSA) is 40.5 Å². The molecule has 0 amide bonds. The minimum Gasteiger partial charge on any atom is -0.480 e. The highest BCUT2D eigenvalue weighted by atomic mass is 16.4. The molecule has 0 aliphatic carbocycles. The number of carbonyl (C=O) groups is 1. The fourth-order valence-corrected chi connectivity index (χ4v) is 2.78. The van der Waals surface area contributed by atoms with Gasteiger partial charge in [-0.2, -0.15) is 0 Å². The van der Waals surface area contributed by atoms with Gasteiger partial charge >= 0.3 is 5.97 Å². The quantitative estimate of drug-likeness (QED) is 0.886. The van der Waals surface area contributed by atoms with Crippen LogP contribution in [0.15, 0.2) is 24.3 Å². The monoisotopic (exact) mass is 261 g/mol. The molecule has 0 spiro atoms. The average Bonchev–Trinajstić information content (AvgIpc) is 2.79. The van der Waals surface area contributed by atoms with E-state index in [2.05, 4.69) is 43.0 Å². The molecule has 1 fully saturated rings. The highest BCUT2D eigenvalue weighted by Crippen LogP contribution is 2.20. The van der Waals surface area contributed by atoms with Gasteiger partial charge in [-0.3, -0.25) is 9.69 Å². The van der Waals surface area contributed by atoms with Crippen LogP contribution in [-0.2, 0) is 17.8 Å². The molecule has 0 aromatic heterocycles. The molecule has 1 aromatic carbocycles. The van der Waals surface area contributed by atoms with Crippen molar-refractivity contribution in [1.82, 2.24) is 4.90 Å². The number of hydrogen-bond acceptors (Lipinski definition) is 2. The molecule has 1 saturated heterocycles. The van der Waals surface area contributed by atoms with E-state index < -0.39 is 5.97 Å². The lowest BCUT2D eigenvalue weighted by molar-refractivity contribution is -0.142. The molecular formula is C16H23NO2. The molecule has 1 N–H and O–H groups in total. The zero-order valence-corrected chi connectivity index (χ0v) is 11.8. The third kappa shape index (κ3) is 3.80. The Morgan fingerprint density at radius 3 is 2.53 bits per heavy atom. The Bertz CT molecular complexity index is 425. The molecule has 19 heavy (non-hydrogen) atoms. The van der Waals surface area contributed by atoms with Crippen LogP contribution in [0, 0.1) is 5.92 Å². The molecule has 0 saturated carbocycles. The highest BCUT2D eigenvalue weighted by molar-refractivity contribution is 5.73. The molecule has 104 valence electrons. The number of likely N-dealkylation sites (tertiary alicyclic amines) is 1. The van der Waals surface area contributed by atoms with Gasteiger partial charge in [-0.1, -0.05) is 38.1 Å². The first-order valence-corrected chi connectivity index (χ1v) is 7.11. The molecule has 1 aliphatic heterocycles. The van der Waals surface area contributed by atoms with Crippen molar-refractivity contribution in [2.24, 2.45) is 5.92 Å². The second kappa shape index (κ2) is 6.20. The van der Waals surface area contributed by atoms with Gasteiger partial charge in [0.1, 0.15) is 6.04 Å². The summed E-state index contributed by atoms with van der Waals surface area (Å²) >= 11 is 0. The molecule has 1 unspecified atom stereocenters. The molecule has 3 heteroatoms. The van der Waals surface area contributed by atoms with Gasteiger partial charge in [0.05, 0.1) is 0 Å². The van der Waals surface area contributed by atoms with Gasteiger partial charge in [0.15, 0.2) is 0 Å². The lowest BCUT2D eigenvalue weighted by atomic mass is 10.0. The van der Waals surface area contributed by atoms with Crippen LogP contribution in [0.4, 0.5) is 0 Å². The van der Waals surface area contributed by atoms with Crippen LogP contribution < -0.4 is 0 Å². The van der Waals surface area contributed by atoms with Crippen molar-refractivity contribution in [2.75, 3.05) is 6.54 Å². The predicted octanol–water partition coefficient (Wildman–Crippen LogP) is 2.93. The van der Waals surface area contributed by atoms with Gasteiger partial charge in [0, 0.05) is 6.54 Å². The number of carboxylic acids is 1. The molecule has 2 rings (SSSR count). The zero-order chi connectivity index (χ0) is 13.8. The van der Waals surface area contributed by atoms with Crippen molar-refractivity contribution in [3.63, 3.8) is 0 Å². The van der Waals surface area contributed by atoms with Gasteiger partial charge < -0.3 is 5.11 Å². The summed E-state index contributed by atoms with van der Waals surface area (Å²) in [6.07, 6.45) is 2.87. The standard InChI is InChI=1S/C16H23NO2/c1-12(2)10-13-5-7-14(8-6-13)11-17-9-3-4-15(17)16(18)19/h5-8,12,15H,3-4,9-11H2,1-2H3,(H,18,19). The van der Waals surface area contributed by atoms with E-state index >= 15 is 0 Å². The molecule has 1 aromatic rings. The summed E-state index contributed by atoms with van der Waals surface area (Å²) in [7, 11) is 0. The van der Waals surface area contributed by atoms with Crippen LogP contribution in [0.25, 0.3) is 0 Å². The van der Waals surface area contributed by atoms with Gasteiger partial charge in [0.25, 0.3) is 0 Å². The smallest absolute Gasteiger partial charge is 0.320 e. The summed E-state index contributed by atoms with van der Waals surface area (Å²) in [6, 6.07) is 8.31. The average molecular weight is 261 g/mol. The highest BCUT2D eigenvalue weighted by Gasteiger charge is 2.30. The second-order valence-electron chi connectivity index (χ2n) is 5.88. The van der Waals surface area contributed by atoms with Crippen LogP contribution in [0.2, 0.25) is 0 Å². The summed E-state index contributed by atoms with van der Waals surface area (Å²) in [5.74, 6) is -0.0187. The maximum Gasteiger partial charge on any atom is 0.320 e. The normalized spacial score (nSPS) is 20.1. The van der Waals surface area contributed by atoms with Crippen LogP contribution in [-0.4, -0.2) is 28.6 Å². The summed E-state index contributed by atoms with van der Waals surface area (Å²) in [5, 5.41) is 9.16. The first-order chi connectivity index (χ1) is 9.06. The molecule has 0 bridgehead atoms. The molecule has 1 aliphatic rings. The van der Waals surface area contributed by atoms with Gasteiger partial charge in [-0.25, -0.2) is 0 Å². The minimum atomic E-state index is -0.686. The SMILES string of the molecule is CC(C)Cc1ccc(CN2CCCC2C(=O)O)cc1. The maximum atomic E-state index is 11.1. The Hall–Kier alpha value is -1.35. The number of rotatable bonds is 5. The van der Waals surface area contributed by atoms with Crippen LogP contribution in [0.3, 0.4) is 0 Å². The van der Waals surface area contributed by atoms with Crippen molar-refractivity contribution < 1.29 is 9.90 Å². The first kappa shape index (κ1) is 14.1. The lowest BCUT2D eigenvalue weighted by Crippen LogP contribution is -2.35.